The first-order chi connectivity index (χ1) is 9.43. The smallest absolute Gasteiger partial charge is 0.341 e. The summed E-state index contributed by atoms with van der Waals surface area (Å²) in [7, 11) is 0. The Balaban J connectivity index is 2.79. The lowest BCUT2D eigenvalue weighted by Crippen LogP contribution is -2.34. The largest absolute Gasteiger partial charge is 0.483 e. The van der Waals surface area contributed by atoms with Gasteiger partial charge in [0.1, 0.15) is 11.3 Å². The number of nitrogens with two attached hydrogens (primary N) is 1. The van der Waals surface area contributed by atoms with E-state index in [-0.39, 0.29) is 36.5 Å². The van der Waals surface area contributed by atoms with Gasteiger partial charge in [-0.25, -0.2) is 4.79 Å². The normalized spacial score (nSPS) is 10.2. The van der Waals surface area contributed by atoms with E-state index in [1.165, 1.54) is 6.07 Å². The quantitative estimate of drug-likeness (QED) is 0.606. The third-order valence-corrected chi connectivity index (χ3v) is 2.31. The third-order valence-electron chi connectivity index (χ3n) is 2.31. The van der Waals surface area contributed by atoms with Crippen LogP contribution in [0.2, 0.25) is 0 Å². The number of ether oxygens (including phenoxy) is 2. The molecule has 1 aromatic carbocycles. The van der Waals surface area contributed by atoms with Crippen LogP contribution in [0.3, 0.4) is 0 Å². The van der Waals surface area contributed by atoms with Crippen LogP contribution < -0.4 is 15.8 Å². The van der Waals surface area contributed by atoms with Crippen molar-refractivity contribution in [3.05, 3.63) is 23.8 Å². The van der Waals surface area contributed by atoms with Crippen molar-refractivity contribution in [2.75, 3.05) is 18.9 Å². The molecule has 6 nitrogen and oxygen atoms in total. The van der Waals surface area contributed by atoms with Crippen LogP contribution in [-0.4, -0.2) is 31.1 Å². The maximum atomic E-state index is 11.8. The molecule has 0 spiro atoms. The summed E-state index contributed by atoms with van der Waals surface area (Å²) in [5.74, 6) is -0.512. The molecule has 0 fully saturated rings. The van der Waals surface area contributed by atoms with Crippen LogP contribution in [0.15, 0.2) is 18.2 Å². The Kier molecular flexibility index (Phi) is 5.83. The number of hydrogen-bond donors (Lipinski definition) is 2. The van der Waals surface area contributed by atoms with Gasteiger partial charge in [0.25, 0.3) is 5.91 Å². The summed E-state index contributed by atoms with van der Waals surface area (Å²) in [6, 6.07) is 4.64. The molecular formula is C14H20N2O4. The molecule has 0 heterocycles. The number of rotatable bonds is 6. The molecule has 0 bridgehead atoms. The zero-order chi connectivity index (χ0) is 15.1. The second kappa shape index (κ2) is 7.37. The number of amides is 1. The van der Waals surface area contributed by atoms with Crippen LogP contribution in [-0.2, 0) is 9.53 Å². The number of carbonyl (C=O) groups is 2. The van der Waals surface area contributed by atoms with Gasteiger partial charge in [-0.3, -0.25) is 4.79 Å². The SMILES string of the molecule is CCOC(=O)c1cc(N)ccc1OCC(=O)NC(C)C. The number of benzene rings is 1. The minimum absolute atomic E-state index is 0.0297. The second-order valence-electron chi connectivity index (χ2n) is 4.49. The molecule has 3 N–H and O–H groups in total. The topological polar surface area (TPSA) is 90.7 Å². The summed E-state index contributed by atoms with van der Waals surface area (Å²) < 4.78 is 10.3. The Morgan fingerprint density at radius 3 is 2.65 bits per heavy atom. The van der Waals surface area contributed by atoms with Gasteiger partial charge in [0.2, 0.25) is 0 Å². The van der Waals surface area contributed by atoms with Crippen molar-refractivity contribution in [1.29, 1.82) is 0 Å². The minimum atomic E-state index is -0.529. The highest BCUT2D eigenvalue weighted by atomic mass is 16.5. The monoisotopic (exact) mass is 280 g/mol. The summed E-state index contributed by atoms with van der Waals surface area (Å²) in [5.41, 5.74) is 6.28. The first-order valence-electron chi connectivity index (χ1n) is 6.42. The number of nitrogens with one attached hydrogen (secondary N) is 1. The van der Waals surface area contributed by atoms with E-state index < -0.39 is 5.97 Å². The van der Waals surface area contributed by atoms with E-state index in [9.17, 15) is 9.59 Å². The van der Waals surface area contributed by atoms with Gasteiger partial charge in [-0.2, -0.15) is 0 Å². The Morgan fingerprint density at radius 1 is 1.35 bits per heavy atom. The summed E-state index contributed by atoms with van der Waals surface area (Å²) in [6.07, 6.45) is 0. The maximum absolute atomic E-state index is 11.8. The minimum Gasteiger partial charge on any atom is -0.483 e. The molecule has 0 unspecified atom stereocenters. The fraction of sp³-hybridized carbons (Fsp3) is 0.429. The number of hydrogen-bond acceptors (Lipinski definition) is 5. The van der Waals surface area contributed by atoms with Crippen molar-refractivity contribution >= 4 is 17.6 Å². The molecule has 0 aliphatic heterocycles. The van der Waals surface area contributed by atoms with Gasteiger partial charge in [-0.1, -0.05) is 0 Å². The average Bonchev–Trinajstić information content (AvgIpc) is 2.36. The zero-order valence-corrected chi connectivity index (χ0v) is 11.9. The fourth-order valence-corrected chi connectivity index (χ4v) is 1.55. The van der Waals surface area contributed by atoms with Crippen molar-refractivity contribution in [3.8, 4) is 5.75 Å². The summed E-state index contributed by atoms with van der Waals surface area (Å²) in [4.78, 5) is 23.3. The molecule has 6 heteroatoms. The molecule has 0 aliphatic carbocycles. The maximum Gasteiger partial charge on any atom is 0.341 e. The number of esters is 1. The lowest BCUT2D eigenvalue weighted by Gasteiger charge is -2.12. The molecule has 0 saturated heterocycles. The van der Waals surface area contributed by atoms with E-state index in [0.717, 1.165) is 0 Å². The van der Waals surface area contributed by atoms with Crippen LogP contribution in [0, 0.1) is 0 Å². The molecule has 0 aliphatic rings. The molecule has 110 valence electrons. The molecule has 0 radical (unpaired) electrons. The first-order valence-corrected chi connectivity index (χ1v) is 6.42. The Hall–Kier alpha value is -2.24. The standard InChI is InChI=1S/C14H20N2O4/c1-4-19-14(18)11-7-10(15)5-6-12(11)20-8-13(17)16-9(2)3/h5-7,9H,4,8,15H2,1-3H3,(H,16,17). The number of anilines is 1. The molecule has 1 rings (SSSR count). The van der Waals surface area contributed by atoms with E-state index in [1.54, 1.807) is 19.1 Å². The first kappa shape index (κ1) is 15.8. The van der Waals surface area contributed by atoms with Gasteiger partial charge in [0.15, 0.2) is 6.61 Å². The zero-order valence-electron chi connectivity index (χ0n) is 11.9. The summed E-state index contributed by atoms with van der Waals surface area (Å²) in [6.45, 7) is 5.49. The van der Waals surface area contributed by atoms with E-state index in [4.69, 9.17) is 15.2 Å². The molecule has 20 heavy (non-hydrogen) atoms. The summed E-state index contributed by atoms with van der Waals surface area (Å²) in [5, 5.41) is 2.69. The van der Waals surface area contributed by atoms with Gasteiger partial charge < -0.3 is 20.5 Å². The van der Waals surface area contributed by atoms with Gasteiger partial charge in [-0.15, -0.1) is 0 Å². The van der Waals surface area contributed by atoms with Gasteiger partial charge in [-0.05, 0) is 39.0 Å². The second-order valence-corrected chi connectivity index (χ2v) is 4.49. The van der Waals surface area contributed by atoms with Crippen molar-refractivity contribution < 1.29 is 19.1 Å². The highest BCUT2D eigenvalue weighted by Crippen LogP contribution is 2.22. The van der Waals surface area contributed by atoms with Crippen molar-refractivity contribution in [3.63, 3.8) is 0 Å². The predicted molar refractivity (Wildman–Crippen MR) is 75.6 cm³/mol. The Labute approximate surface area is 118 Å². The molecule has 1 amide bonds. The molecule has 1 aromatic rings. The summed E-state index contributed by atoms with van der Waals surface area (Å²) >= 11 is 0. The van der Waals surface area contributed by atoms with Crippen LogP contribution in [0.25, 0.3) is 0 Å². The Bertz CT molecular complexity index is 486. The van der Waals surface area contributed by atoms with Crippen LogP contribution in [0.5, 0.6) is 5.75 Å². The number of carbonyl (C=O) groups excluding carboxylic acids is 2. The van der Waals surface area contributed by atoms with Crippen molar-refractivity contribution in [2.45, 2.75) is 26.8 Å². The van der Waals surface area contributed by atoms with Crippen molar-refractivity contribution in [1.82, 2.24) is 5.32 Å². The van der Waals surface area contributed by atoms with E-state index >= 15 is 0 Å². The predicted octanol–water partition coefficient (Wildman–Crippen LogP) is 1.35. The van der Waals surface area contributed by atoms with Gasteiger partial charge in [0, 0.05) is 11.7 Å². The van der Waals surface area contributed by atoms with Crippen LogP contribution >= 0.6 is 0 Å². The molecule has 0 saturated carbocycles. The van der Waals surface area contributed by atoms with Gasteiger partial charge >= 0.3 is 5.97 Å². The van der Waals surface area contributed by atoms with E-state index in [1.807, 2.05) is 13.8 Å². The van der Waals surface area contributed by atoms with Crippen molar-refractivity contribution in [2.24, 2.45) is 0 Å². The number of nitrogen functional groups attached to an aromatic ring is 1. The van der Waals surface area contributed by atoms with Crippen LogP contribution in [0.4, 0.5) is 5.69 Å². The molecular weight excluding hydrogens is 260 g/mol. The Morgan fingerprint density at radius 2 is 2.05 bits per heavy atom. The highest BCUT2D eigenvalue weighted by molar-refractivity contribution is 5.93. The van der Waals surface area contributed by atoms with E-state index in [0.29, 0.717) is 5.69 Å². The molecule has 0 atom stereocenters. The van der Waals surface area contributed by atoms with Gasteiger partial charge in [0.05, 0.1) is 6.61 Å². The lowest BCUT2D eigenvalue weighted by molar-refractivity contribution is -0.123. The fourth-order valence-electron chi connectivity index (χ4n) is 1.55. The average molecular weight is 280 g/mol. The lowest BCUT2D eigenvalue weighted by atomic mass is 10.2. The van der Waals surface area contributed by atoms with Crippen LogP contribution in [0.1, 0.15) is 31.1 Å². The highest BCUT2D eigenvalue weighted by Gasteiger charge is 2.15. The third kappa shape index (κ3) is 4.79. The molecule has 0 aromatic heterocycles. The van der Waals surface area contributed by atoms with E-state index in [2.05, 4.69) is 5.32 Å².